The number of esters is 1. The van der Waals surface area contributed by atoms with Crippen molar-refractivity contribution in [3.8, 4) is 28.5 Å². The second-order valence-corrected chi connectivity index (χ2v) is 10.8. The van der Waals surface area contributed by atoms with Crippen molar-refractivity contribution in [1.29, 1.82) is 0 Å². The first-order chi connectivity index (χ1) is 23.0. The SMILES string of the molecule is CC.CCOc1nc2cccc(C(=O)OC(C)OC(=O)OC3CCCCC3)c2n1Cc1ccc(-c2ccccc2-c2nn[nH]n2)cc1. The maximum Gasteiger partial charge on any atom is 0.511 e. The van der Waals surface area contributed by atoms with Crippen molar-refractivity contribution in [3.05, 3.63) is 77.9 Å². The van der Waals surface area contributed by atoms with E-state index in [1.165, 1.54) is 6.92 Å². The van der Waals surface area contributed by atoms with E-state index in [-0.39, 0.29) is 11.7 Å². The third kappa shape index (κ3) is 7.94. The lowest BCUT2D eigenvalue weighted by molar-refractivity contribution is -0.0914. The van der Waals surface area contributed by atoms with Gasteiger partial charge in [-0.3, -0.25) is 4.57 Å². The Morgan fingerprint density at radius 3 is 2.38 bits per heavy atom. The van der Waals surface area contributed by atoms with Crippen molar-refractivity contribution in [2.45, 2.75) is 78.7 Å². The van der Waals surface area contributed by atoms with E-state index in [9.17, 15) is 9.59 Å². The van der Waals surface area contributed by atoms with Gasteiger partial charge < -0.3 is 18.9 Å². The van der Waals surface area contributed by atoms with Crippen molar-refractivity contribution >= 4 is 23.2 Å². The smallest absolute Gasteiger partial charge is 0.465 e. The van der Waals surface area contributed by atoms with Crippen LogP contribution in [-0.4, -0.2) is 61.3 Å². The average Bonchev–Trinajstić information content (AvgIpc) is 3.75. The fourth-order valence-electron chi connectivity index (χ4n) is 5.61. The van der Waals surface area contributed by atoms with Crippen LogP contribution in [0.4, 0.5) is 4.79 Å². The molecular weight excluding hydrogens is 600 g/mol. The monoisotopic (exact) mass is 640 g/mol. The Bertz CT molecular complexity index is 1760. The van der Waals surface area contributed by atoms with Gasteiger partial charge in [-0.15, -0.1) is 10.2 Å². The van der Waals surface area contributed by atoms with Crippen LogP contribution in [0, 0.1) is 0 Å². The summed E-state index contributed by atoms with van der Waals surface area (Å²) in [5.41, 5.74) is 5.17. The Labute approximate surface area is 273 Å². The summed E-state index contributed by atoms with van der Waals surface area (Å²) in [7, 11) is 0. The second kappa shape index (κ2) is 15.8. The van der Waals surface area contributed by atoms with Crippen LogP contribution in [0.5, 0.6) is 6.01 Å². The molecule has 1 N–H and O–H groups in total. The molecule has 0 amide bonds. The van der Waals surface area contributed by atoms with Crippen LogP contribution in [0.1, 0.15) is 75.7 Å². The highest BCUT2D eigenvalue weighted by atomic mass is 16.8. The number of H-pyrrole nitrogens is 1. The number of hydrogen-bond acceptors (Lipinski definition) is 10. The van der Waals surface area contributed by atoms with Crippen molar-refractivity contribution in [1.82, 2.24) is 30.2 Å². The molecule has 1 saturated carbocycles. The molecule has 246 valence electrons. The number of tetrazole rings is 1. The minimum atomic E-state index is -1.14. The number of nitrogens with one attached hydrogen (secondary N) is 1. The van der Waals surface area contributed by atoms with Crippen molar-refractivity contribution in [2.24, 2.45) is 0 Å². The minimum absolute atomic E-state index is 0.163. The van der Waals surface area contributed by atoms with Crippen LogP contribution < -0.4 is 4.74 Å². The zero-order chi connectivity index (χ0) is 33.2. The summed E-state index contributed by atoms with van der Waals surface area (Å²) in [6, 6.07) is 21.5. The molecule has 0 radical (unpaired) electrons. The van der Waals surface area contributed by atoms with E-state index < -0.39 is 18.4 Å². The largest absolute Gasteiger partial charge is 0.511 e. The van der Waals surface area contributed by atoms with Crippen molar-refractivity contribution in [3.63, 3.8) is 0 Å². The third-order valence-electron chi connectivity index (χ3n) is 7.69. The van der Waals surface area contributed by atoms with Gasteiger partial charge >= 0.3 is 12.1 Å². The zero-order valence-corrected chi connectivity index (χ0v) is 27.1. The van der Waals surface area contributed by atoms with Gasteiger partial charge in [0, 0.05) is 12.5 Å². The number of ether oxygens (including phenoxy) is 4. The summed E-state index contributed by atoms with van der Waals surface area (Å²) >= 11 is 0. The fourth-order valence-corrected chi connectivity index (χ4v) is 5.61. The predicted octanol–water partition coefficient (Wildman–Crippen LogP) is 7.35. The van der Waals surface area contributed by atoms with Crippen LogP contribution in [0.25, 0.3) is 33.5 Å². The van der Waals surface area contributed by atoms with Gasteiger partial charge in [0.25, 0.3) is 6.01 Å². The van der Waals surface area contributed by atoms with Gasteiger partial charge in [0.1, 0.15) is 6.10 Å². The van der Waals surface area contributed by atoms with Gasteiger partial charge in [-0.05, 0) is 66.6 Å². The van der Waals surface area contributed by atoms with E-state index in [1.807, 2.05) is 79.9 Å². The standard InChI is InChI=1S/C33H34N6O6.C2H6/c1-3-42-32-34-28-15-9-14-27(31(40)43-21(2)44-33(41)45-24-10-5-4-6-11-24)29(28)39(32)20-22-16-18-23(19-17-22)25-12-7-8-13-26(25)30-35-37-38-36-30;1-2/h7-9,12-19,21,24H,3-6,10-11,20H2,1-2H3,(H,35,36,37,38);1-2H3. The number of aromatic amines is 1. The number of carbonyl (C=O) groups excluding carboxylic acids is 2. The summed E-state index contributed by atoms with van der Waals surface area (Å²) < 4.78 is 23.9. The third-order valence-corrected chi connectivity index (χ3v) is 7.69. The molecule has 12 heteroatoms. The number of nitrogens with zero attached hydrogens (tertiary/aromatic N) is 5. The van der Waals surface area contributed by atoms with Crippen LogP contribution >= 0.6 is 0 Å². The molecule has 2 heterocycles. The molecule has 1 fully saturated rings. The molecule has 12 nitrogen and oxygen atoms in total. The van der Waals surface area contributed by atoms with E-state index >= 15 is 0 Å². The Morgan fingerprint density at radius 2 is 1.68 bits per heavy atom. The summed E-state index contributed by atoms with van der Waals surface area (Å²) in [5, 5.41) is 14.5. The van der Waals surface area contributed by atoms with E-state index in [0.29, 0.717) is 36.0 Å². The molecule has 0 spiro atoms. The molecule has 0 bridgehead atoms. The number of imidazole rings is 1. The number of para-hydroxylation sites is 1. The van der Waals surface area contributed by atoms with Gasteiger partial charge in [-0.1, -0.05) is 74.9 Å². The molecule has 1 aliphatic rings. The number of fused-ring (bicyclic) bond motifs is 1. The number of hydrogen-bond donors (Lipinski definition) is 1. The van der Waals surface area contributed by atoms with Crippen LogP contribution in [0.2, 0.25) is 0 Å². The first-order valence-corrected chi connectivity index (χ1v) is 16.1. The Morgan fingerprint density at radius 1 is 0.936 bits per heavy atom. The topological polar surface area (TPSA) is 143 Å². The molecule has 3 aromatic carbocycles. The highest BCUT2D eigenvalue weighted by molar-refractivity contribution is 6.02. The van der Waals surface area contributed by atoms with E-state index in [4.69, 9.17) is 18.9 Å². The Kier molecular flexibility index (Phi) is 11.2. The molecule has 1 aliphatic carbocycles. The van der Waals surface area contributed by atoms with Gasteiger partial charge in [-0.2, -0.15) is 10.2 Å². The highest BCUT2D eigenvalue weighted by Crippen LogP contribution is 2.31. The summed E-state index contributed by atoms with van der Waals surface area (Å²) in [6.45, 7) is 8.13. The number of benzene rings is 3. The van der Waals surface area contributed by atoms with E-state index in [0.717, 1.165) is 54.4 Å². The number of rotatable bonds is 10. The Balaban J connectivity index is 0.00000213. The van der Waals surface area contributed by atoms with E-state index in [1.54, 1.807) is 12.1 Å². The molecule has 1 atom stereocenters. The number of carbonyl (C=O) groups is 2. The number of aromatic nitrogens is 6. The molecule has 0 saturated heterocycles. The normalized spacial score (nSPS) is 13.7. The van der Waals surface area contributed by atoms with Gasteiger partial charge in [0.15, 0.2) is 0 Å². The van der Waals surface area contributed by atoms with Crippen LogP contribution in [-0.2, 0) is 20.8 Å². The minimum Gasteiger partial charge on any atom is -0.465 e. The molecule has 6 rings (SSSR count). The van der Waals surface area contributed by atoms with Crippen LogP contribution in [0.3, 0.4) is 0 Å². The maximum absolute atomic E-state index is 13.4. The first-order valence-electron chi connectivity index (χ1n) is 16.1. The molecule has 0 aliphatic heterocycles. The second-order valence-electron chi connectivity index (χ2n) is 10.8. The molecule has 2 aromatic heterocycles. The molecule has 1 unspecified atom stereocenters. The van der Waals surface area contributed by atoms with Crippen LogP contribution in [0.15, 0.2) is 66.7 Å². The quantitative estimate of drug-likeness (QED) is 0.122. The fraction of sp³-hybridized carbons (Fsp3) is 0.371. The van der Waals surface area contributed by atoms with Gasteiger partial charge in [0.2, 0.25) is 12.1 Å². The molecule has 5 aromatic rings. The Hall–Kier alpha value is -5.26. The lowest BCUT2D eigenvalue weighted by Gasteiger charge is -2.22. The summed E-state index contributed by atoms with van der Waals surface area (Å²) in [4.78, 5) is 30.3. The van der Waals surface area contributed by atoms with Gasteiger partial charge in [0.05, 0.1) is 29.7 Å². The lowest BCUT2D eigenvalue weighted by Crippen LogP contribution is -2.26. The van der Waals surface area contributed by atoms with Crippen molar-refractivity contribution in [2.75, 3.05) is 6.61 Å². The molecule has 47 heavy (non-hydrogen) atoms. The predicted molar refractivity (Wildman–Crippen MR) is 176 cm³/mol. The van der Waals surface area contributed by atoms with Gasteiger partial charge in [-0.25, -0.2) is 9.59 Å². The lowest BCUT2D eigenvalue weighted by atomic mass is 9.98. The van der Waals surface area contributed by atoms with E-state index in [2.05, 4.69) is 25.6 Å². The highest BCUT2D eigenvalue weighted by Gasteiger charge is 2.25. The summed E-state index contributed by atoms with van der Waals surface area (Å²) in [5.74, 6) is -0.141. The zero-order valence-electron chi connectivity index (χ0n) is 27.1. The first kappa shape index (κ1) is 33.1. The maximum atomic E-state index is 13.4. The van der Waals surface area contributed by atoms with Crippen molar-refractivity contribution < 1.29 is 28.5 Å². The molecular formula is C35H40N6O6. The summed E-state index contributed by atoms with van der Waals surface area (Å²) in [6.07, 6.45) is 2.65. The average molecular weight is 641 g/mol.